The highest BCUT2D eigenvalue weighted by atomic mass is 16.8. The van der Waals surface area contributed by atoms with Gasteiger partial charge in [-0.3, -0.25) is 4.79 Å². The fourth-order valence-electron chi connectivity index (χ4n) is 4.39. The van der Waals surface area contributed by atoms with Crippen molar-refractivity contribution in [3.8, 4) is 6.07 Å². The first-order chi connectivity index (χ1) is 14.3. The van der Waals surface area contributed by atoms with Crippen molar-refractivity contribution in [3.05, 3.63) is 24.2 Å². The van der Waals surface area contributed by atoms with E-state index in [1.54, 1.807) is 26.0 Å². The Kier molecular flexibility index (Phi) is 4.25. The van der Waals surface area contributed by atoms with Crippen LogP contribution in [0.3, 0.4) is 0 Å². The van der Waals surface area contributed by atoms with E-state index in [2.05, 4.69) is 16.2 Å². The third kappa shape index (κ3) is 2.77. The summed E-state index contributed by atoms with van der Waals surface area (Å²) in [5.74, 6) is -0.913. The summed E-state index contributed by atoms with van der Waals surface area (Å²) in [6.45, 7) is 3.54. The van der Waals surface area contributed by atoms with Crippen LogP contribution in [0.15, 0.2) is 18.5 Å². The Morgan fingerprint density at radius 1 is 1.37 bits per heavy atom. The van der Waals surface area contributed by atoms with E-state index in [1.165, 1.54) is 10.8 Å². The quantitative estimate of drug-likeness (QED) is 0.736. The molecule has 4 atom stereocenters. The van der Waals surface area contributed by atoms with Crippen molar-refractivity contribution in [1.82, 2.24) is 14.6 Å². The fraction of sp³-hybridized carbons (Fsp3) is 0.600. The summed E-state index contributed by atoms with van der Waals surface area (Å²) in [5, 5.41) is 14.5. The molecule has 1 aliphatic carbocycles. The van der Waals surface area contributed by atoms with Gasteiger partial charge in [0.2, 0.25) is 5.60 Å². The molecule has 10 heteroatoms. The molecule has 1 saturated carbocycles. The van der Waals surface area contributed by atoms with Gasteiger partial charge in [-0.15, -0.1) is 0 Å². The molecule has 0 bridgehead atoms. The topological polar surface area (TPSA) is 134 Å². The Balaban J connectivity index is 1.50. The predicted molar refractivity (Wildman–Crippen MR) is 102 cm³/mol. The average molecular weight is 413 g/mol. The standard InChI is InChI=1S/C20H23N5O5/c1-19(2)29-15-13(8-27-18(26)11-4-3-5-11)28-20(9-21,16(15)30-19)14-7-6-12-17(22)23-10-24-25(12)14/h6-7,10-11,13,15-16H,3-5,8H2,1-2H3,(H2,22,23,24)/t13-,15-,16-,20+/m1/s1. The largest absolute Gasteiger partial charge is 0.463 e. The first kappa shape index (κ1) is 19.2. The van der Waals surface area contributed by atoms with Gasteiger partial charge in [0.05, 0.1) is 11.6 Å². The molecule has 30 heavy (non-hydrogen) atoms. The summed E-state index contributed by atoms with van der Waals surface area (Å²) in [7, 11) is 0. The Morgan fingerprint density at radius 3 is 2.87 bits per heavy atom. The van der Waals surface area contributed by atoms with Gasteiger partial charge in [-0.2, -0.15) is 10.4 Å². The summed E-state index contributed by atoms with van der Waals surface area (Å²) in [4.78, 5) is 16.2. The molecular formula is C20H23N5O5. The van der Waals surface area contributed by atoms with Gasteiger partial charge in [0.15, 0.2) is 11.6 Å². The van der Waals surface area contributed by atoms with Gasteiger partial charge in [-0.1, -0.05) is 6.42 Å². The van der Waals surface area contributed by atoms with Gasteiger partial charge in [-0.05, 0) is 38.8 Å². The number of nitrogen functional groups attached to an aromatic ring is 1. The predicted octanol–water partition coefficient (Wildman–Crippen LogP) is 1.29. The molecule has 3 fully saturated rings. The number of rotatable bonds is 4. The summed E-state index contributed by atoms with van der Waals surface area (Å²) in [5.41, 5.74) is 5.45. The SMILES string of the molecule is CC1(C)O[C@H]2[C@@H](O1)[C@](C#N)(c1ccc3c(N)ncnn13)O[C@@H]2COC(=O)C1CCC1. The maximum absolute atomic E-state index is 12.2. The number of esters is 1. The highest BCUT2D eigenvalue weighted by Gasteiger charge is 2.65. The number of anilines is 1. The first-order valence-electron chi connectivity index (χ1n) is 10.0. The Bertz CT molecular complexity index is 1040. The second kappa shape index (κ2) is 6.63. The lowest BCUT2D eigenvalue weighted by molar-refractivity contribution is -0.207. The lowest BCUT2D eigenvalue weighted by Crippen LogP contribution is -2.40. The van der Waals surface area contributed by atoms with Gasteiger partial charge in [-0.25, -0.2) is 9.50 Å². The Labute approximate surface area is 172 Å². The molecule has 4 heterocycles. The molecule has 3 aliphatic rings. The van der Waals surface area contributed by atoms with Crippen LogP contribution in [0.5, 0.6) is 0 Å². The van der Waals surface area contributed by atoms with E-state index >= 15 is 0 Å². The van der Waals surface area contributed by atoms with E-state index in [0.717, 1.165) is 19.3 Å². The molecule has 0 spiro atoms. The molecule has 0 aromatic carbocycles. The van der Waals surface area contributed by atoms with Crippen molar-refractivity contribution in [3.63, 3.8) is 0 Å². The molecule has 2 aromatic rings. The third-order valence-corrected chi connectivity index (χ3v) is 6.09. The number of fused-ring (bicyclic) bond motifs is 2. The summed E-state index contributed by atoms with van der Waals surface area (Å²) in [6.07, 6.45) is 2.07. The molecule has 158 valence electrons. The van der Waals surface area contributed by atoms with Crippen LogP contribution < -0.4 is 5.73 Å². The average Bonchev–Trinajstić information content (AvgIpc) is 3.30. The molecule has 2 N–H and O–H groups in total. The minimum absolute atomic E-state index is 0.0141. The van der Waals surface area contributed by atoms with Gasteiger partial charge >= 0.3 is 5.97 Å². The van der Waals surface area contributed by atoms with E-state index < -0.39 is 29.7 Å². The number of carbonyl (C=O) groups is 1. The van der Waals surface area contributed by atoms with Crippen LogP contribution in [0, 0.1) is 17.2 Å². The molecular weight excluding hydrogens is 390 g/mol. The molecule has 2 aromatic heterocycles. The van der Waals surface area contributed by atoms with Gasteiger partial charge in [0, 0.05) is 0 Å². The van der Waals surface area contributed by atoms with Crippen LogP contribution in [-0.4, -0.2) is 51.3 Å². The number of hydrogen-bond acceptors (Lipinski definition) is 9. The third-order valence-electron chi connectivity index (χ3n) is 6.09. The first-order valence-corrected chi connectivity index (χ1v) is 10.0. The zero-order valence-electron chi connectivity index (χ0n) is 16.8. The van der Waals surface area contributed by atoms with Crippen LogP contribution in [-0.2, 0) is 29.3 Å². The second-order valence-electron chi connectivity index (χ2n) is 8.44. The van der Waals surface area contributed by atoms with Crippen LogP contribution >= 0.6 is 0 Å². The minimum atomic E-state index is -1.51. The minimum Gasteiger partial charge on any atom is -0.463 e. The Morgan fingerprint density at radius 2 is 2.17 bits per heavy atom. The molecule has 0 amide bonds. The molecule has 2 aliphatic heterocycles. The monoisotopic (exact) mass is 413 g/mol. The number of ether oxygens (including phenoxy) is 4. The number of carbonyl (C=O) groups excluding carboxylic acids is 1. The number of aromatic nitrogens is 3. The Hall–Kier alpha value is -2.74. The molecule has 2 saturated heterocycles. The zero-order valence-corrected chi connectivity index (χ0v) is 16.8. The molecule has 5 rings (SSSR count). The van der Waals surface area contributed by atoms with Crippen molar-refractivity contribution >= 4 is 17.3 Å². The highest BCUT2D eigenvalue weighted by Crippen LogP contribution is 2.49. The smallest absolute Gasteiger partial charge is 0.309 e. The molecule has 0 unspecified atom stereocenters. The lowest BCUT2D eigenvalue weighted by atomic mass is 9.86. The van der Waals surface area contributed by atoms with Crippen LogP contribution in [0.1, 0.15) is 38.8 Å². The van der Waals surface area contributed by atoms with E-state index in [0.29, 0.717) is 11.2 Å². The van der Waals surface area contributed by atoms with E-state index in [9.17, 15) is 10.1 Å². The second-order valence-corrected chi connectivity index (χ2v) is 8.44. The molecule has 0 radical (unpaired) electrons. The van der Waals surface area contributed by atoms with E-state index in [4.69, 9.17) is 24.7 Å². The van der Waals surface area contributed by atoms with E-state index in [1.807, 2.05) is 0 Å². The van der Waals surface area contributed by atoms with Crippen molar-refractivity contribution in [2.45, 2.75) is 62.8 Å². The van der Waals surface area contributed by atoms with Crippen LogP contribution in [0.4, 0.5) is 5.82 Å². The number of nitriles is 1. The highest BCUT2D eigenvalue weighted by molar-refractivity contribution is 5.73. The van der Waals surface area contributed by atoms with Crippen molar-refractivity contribution < 1.29 is 23.7 Å². The zero-order chi connectivity index (χ0) is 21.1. The normalized spacial score (nSPS) is 32.5. The fourth-order valence-corrected chi connectivity index (χ4v) is 4.39. The molecule has 10 nitrogen and oxygen atoms in total. The van der Waals surface area contributed by atoms with E-state index in [-0.39, 0.29) is 24.3 Å². The maximum Gasteiger partial charge on any atom is 0.309 e. The lowest BCUT2D eigenvalue weighted by Gasteiger charge is -2.29. The number of nitrogens with zero attached hydrogens (tertiary/aromatic N) is 4. The van der Waals surface area contributed by atoms with Crippen molar-refractivity contribution in [1.29, 1.82) is 5.26 Å². The number of hydrogen-bond donors (Lipinski definition) is 1. The van der Waals surface area contributed by atoms with Crippen LogP contribution in [0.2, 0.25) is 0 Å². The van der Waals surface area contributed by atoms with Crippen molar-refractivity contribution in [2.24, 2.45) is 5.92 Å². The number of nitrogens with two attached hydrogens (primary N) is 1. The van der Waals surface area contributed by atoms with Gasteiger partial charge in [0.25, 0.3) is 0 Å². The summed E-state index contributed by atoms with van der Waals surface area (Å²) in [6, 6.07) is 5.72. The maximum atomic E-state index is 12.2. The van der Waals surface area contributed by atoms with Gasteiger partial charge in [0.1, 0.15) is 42.8 Å². The van der Waals surface area contributed by atoms with Gasteiger partial charge < -0.3 is 24.7 Å². The van der Waals surface area contributed by atoms with Crippen LogP contribution in [0.25, 0.3) is 5.52 Å². The van der Waals surface area contributed by atoms with Crippen molar-refractivity contribution in [2.75, 3.05) is 12.3 Å². The summed E-state index contributed by atoms with van der Waals surface area (Å²) >= 11 is 0. The summed E-state index contributed by atoms with van der Waals surface area (Å²) < 4.78 is 25.4.